The first-order valence-electron chi connectivity index (χ1n) is 10.1. The van der Waals surface area contributed by atoms with Gasteiger partial charge in [-0.05, 0) is 57.6 Å². The lowest BCUT2D eigenvalue weighted by molar-refractivity contribution is 0.0515. The summed E-state index contributed by atoms with van der Waals surface area (Å²) in [7, 11) is 0. The third-order valence-corrected chi connectivity index (χ3v) is 5.84. The Bertz CT molecular complexity index is 822. The van der Waals surface area contributed by atoms with Crippen LogP contribution in [0.25, 0.3) is 10.9 Å². The lowest BCUT2D eigenvalue weighted by Gasteiger charge is -2.37. The van der Waals surface area contributed by atoms with Crippen molar-refractivity contribution in [1.29, 1.82) is 0 Å². The van der Waals surface area contributed by atoms with Gasteiger partial charge in [0.15, 0.2) is 0 Å². The molecular weight excluding hydrogens is 340 g/mol. The van der Waals surface area contributed by atoms with Gasteiger partial charge in [0.2, 0.25) is 0 Å². The molecule has 2 saturated heterocycles. The number of fused-ring (bicyclic) bond motifs is 1. The van der Waals surface area contributed by atoms with Gasteiger partial charge in [0, 0.05) is 31.3 Å². The van der Waals surface area contributed by atoms with E-state index in [0.29, 0.717) is 24.2 Å². The number of esters is 1. The number of aromatic nitrogens is 1. The van der Waals surface area contributed by atoms with Gasteiger partial charge < -0.3 is 14.4 Å². The standard InChI is InChI=1S/C22H28N2O3/c1-3-26-22(25)18-14-23-19-7-6-15(2)13-17(19)21(18)24-10-8-16(9-11-24)20-5-4-12-27-20/h6-7,13-14,16,20H,3-5,8-12H2,1-2H3. The van der Waals surface area contributed by atoms with Gasteiger partial charge in [0.05, 0.1) is 23.9 Å². The van der Waals surface area contributed by atoms with E-state index < -0.39 is 0 Å². The van der Waals surface area contributed by atoms with Crippen molar-refractivity contribution in [2.75, 3.05) is 31.2 Å². The molecule has 0 radical (unpaired) electrons. The minimum Gasteiger partial charge on any atom is -0.462 e. The molecule has 1 aromatic heterocycles. The number of hydrogen-bond acceptors (Lipinski definition) is 5. The van der Waals surface area contributed by atoms with Gasteiger partial charge in [-0.2, -0.15) is 0 Å². The first-order chi connectivity index (χ1) is 13.2. The summed E-state index contributed by atoms with van der Waals surface area (Å²) in [5.41, 5.74) is 3.64. The fraction of sp³-hybridized carbons (Fsp3) is 0.545. The largest absolute Gasteiger partial charge is 0.462 e. The van der Waals surface area contributed by atoms with E-state index >= 15 is 0 Å². The van der Waals surface area contributed by atoms with E-state index in [4.69, 9.17) is 9.47 Å². The molecule has 2 aliphatic heterocycles. The summed E-state index contributed by atoms with van der Waals surface area (Å²) in [5.74, 6) is 0.342. The topological polar surface area (TPSA) is 51.7 Å². The third-order valence-electron chi connectivity index (χ3n) is 5.84. The zero-order valence-corrected chi connectivity index (χ0v) is 16.2. The second kappa shape index (κ2) is 7.85. The van der Waals surface area contributed by atoms with Crippen LogP contribution in [0.2, 0.25) is 0 Å². The quantitative estimate of drug-likeness (QED) is 0.760. The van der Waals surface area contributed by atoms with Gasteiger partial charge in [-0.15, -0.1) is 0 Å². The molecule has 2 aliphatic rings. The maximum absolute atomic E-state index is 12.6. The van der Waals surface area contributed by atoms with Gasteiger partial charge in [0.25, 0.3) is 0 Å². The van der Waals surface area contributed by atoms with Crippen molar-refractivity contribution in [2.24, 2.45) is 5.92 Å². The predicted octanol–water partition coefficient (Wildman–Crippen LogP) is 4.12. The normalized spacial score (nSPS) is 21.0. The monoisotopic (exact) mass is 368 g/mol. The van der Waals surface area contributed by atoms with Crippen LogP contribution in [-0.4, -0.2) is 43.4 Å². The van der Waals surface area contributed by atoms with E-state index in [9.17, 15) is 4.79 Å². The third kappa shape index (κ3) is 3.65. The van der Waals surface area contributed by atoms with Crippen LogP contribution < -0.4 is 4.90 Å². The predicted molar refractivity (Wildman–Crippen MR) is 106 cm³/mol. The van der Waals surface area contributed by atoms with E-state index in [2.05, 4.69) is 28.9 Å². The summed E-state index contributed by atoms with van der Waals surface area (Å²) in [6.45, 7) is 7.05. The van der Waals surface area contributed by atoms with Crippen molar-refractivity contribution < 1.29 is 14.3 Å². The maximum atomic E-state index is 12.6. The number of rotatable bonds is 4. The Morgan fingerprint density at radius 1 is 1.30 bits per heavy atom. The fourth-order valence-corrected chi connectivity index (χ4v) is 4.46. The van der Waals surface area contributed by atoms with Crippen LogP contribution in [0.15, 0.2) is 24.4 Å². The van der Waals surface area contributed by atoms with E-state index in [1.54, 1.807) is 6.20 Å². The Morgan fingerprint density at radius 3 is 2.81 bits per heavy atom. The summed E-state index contributed by atoms with van der Waals surface area (Å²) < 4.78 is 11.2. The number of benzene rings is 1. The highest BCUT2D eigenvalue weighted by Crippen LogP contribution is 2.36. The summed E-state index contributed by atoms with van der Waals surface area (Å²) in [6.07, 6.45) is 6.68. The Labute approximate surface area is 160 Å². The smallest absolute Gasteiger partial charge is 0.341 e. The molecule has 5 heteroatoms. The van der Waals surface area contributed by atoms with Crippen LogP contribution in [-0.2, 0) is 9.47 Å². The van der Waals surface area contributed by atoms with E-state index in [0.717, 1.165) is 49.1 Å². The van der Waals surface area contributed by atoms with Crippen LogP contribution in [0, 0.1) is 12.8 Å². The minimum absolute atomic E-state index is 0.287. The number of carbonyl (C=O) groups excluding carboxylic acids is 1. The number of nitrogens with zero attached hydrogens (tertiary/aromatic N) is 2. The fourth-order valence-electron chi connectivity index (χ4n) is 4.46. The lowest BCUT2D eigenvalue weighted by atomic mass is 9.89. The Hall–Kier alpha value is -2.14. The minimum atomic E-state index is -0.287. The summed E-state index contributed by atoms with van der Waals surface area (Å²) >= 11 is 0. The van der Waals surface area contributed by atoms with Crippen LogP contribution in [0.5, 0.6) is 0 Å². The second-order valence-corrected chi connectivity index (χ2v) is 7.64. The first kappa shape index (κ1) is 18.2. The van der Waals surface area contributed by atoms with Crippen molar-refractivity contribution in [3.05, 3.63) is 35.5 Å². The molecule has 0 bridgehead atoms. The van der Waals surface area contributed by atoms with Crippen molar-refractivity contribution in [3.63, 3.8) is 0 Å². The number of anilines is 1. The van der Waals surface area contributed by atoms with Crippen LogP contribution in [0.4, 0.5) is 5.69 Å². The molecule has 27 heavy (non-hydrogen) atoms. The van der Waals surface area contributed by atoms with E-state index in [1.807, 2.05) is 13.0 Å². The molecule has 2 aromatic rings. The molecule has 4 rings (SSSR count). The molecular formula is C22H28N2O3. The molecule has 0 spiro atoms. The summed E-state index contributed by atoms with van der Waals surface area (Å²) in [6, 6.07) is 6.22. The number of piperidine rings is 1. The molecule has 1 atom stereocenters. The van der Waals surface area contributed by atoms with Gasteiger partial charge >= 0.3 is 5.97 Å². The highest BCUT2D eigenvalue weighted by atomic mass is 16.5. The number of aryl methyl sites for hydroxylation is 1. The lowest BCUT2D eigenvalue weighted by Crippen LogP contribution is -2.38. The molecule has 2 fully saturated rings. The van der Waals surface area contributed by atoms with Crippen molar-refractivity contribution >= 4 is 22.6 Å². The van der Waals surface area contributed by atoms with Crippen molar-refractivity contribution in [2.45, 2.75) is 45.6 Å². The number of carbonyl (C=O) groups is 1. The number of pyridine rings is 1. The van der Waals surface area contributed by atoms with E-state index in [1.165, 1.54) is 18.4 Å². The molecule has 0 N–H and O–H groups in total. The molecule has 144 valence electrons. The van der Waals surface area contributed by atoms with Gasteiger partial charge in [-0.1, -0.05) is 11.6 Å². The van der Waals surface area contributed by atoms with E-state index in [-0.39, 0.29) is 5.97 Å². The maximum Gasteiger partial charge on any atom is 0.341 e. The van der Waals surface area contributed by atoms with Gasteiger partial charge in [0.1, 0.15) is 5.56 Å². The van der Waals surface area contributed by atoms with Gasteiger partial charge in [-0.25, -0.2) is 4.79 Å². The van der Waals surface area contributed by atoms with Crippen LogP contribution in [0.3, 0.4) is 0 Å². The molecule has 1 unspecified atom stereocenters. The molecule has 5 nitrogen and oxygen atoms in total. The Kier molecular flexibility index (Phi) is 5.30. The number of hydrogen-bond donors (Lipinski definition) is 0. The molecule has 0 aliphatic carbocycles. The van der Waals surface area contributed by atoms with Crippen LogP contribution in [0.1, 0.15) is 48.5 Å². The number of ether oxygens (including phenoxy) is 2. The van der Waals surface area contributed by atoms with Crippen molar-refractivity contribution in [1.82, 2.24) is 4.98 Å². The molecule has 0 saturated carbocycles. The Morgan fingerprint density at radius 2 is 2.11 bits per heavy atom. The zero-order chi connectivity index (χ0) is 18.8. The second-order valence-electron chi connectivity index (χ2n) is 7.64. The average Bonchev–Trinajstić information content (AvgIpc) is 3.22. The molecule has 3 heterocycles. The van der Waals surface area contributed by atoms with Gasteiger partial charge in [-0.3, -0.25) is 4.98 Å². The average molecular weight is 368 g/mol. The van der Waals surface area contributed by atoms with Crippen LogP contribution >= 0.6 is 0 Å². The molecule has 1 aromatic carbocycles. The SMILES string of the molecule is CCOC(=O)c1cnc2ccc(C)cc2c1N1CCC(C2CCCO2)CC1. The Balaban J connectivity index is 1.67. The highest BCUT2D eigenvalue weighted by molar-refractivity contribution is 6.05. The summed E-state index contributed by atoms with van der Waals surface area (Å²) in [5, 5.41) is 1.04. The highest BCUT2D eigenvalue weighted by Gasteiger charge is 2.31. The summed E-state index contributed by atoms with van der Waals surface area (Å²) in [4.78, 5) is 19.5. The first-order valence-corrected chi connectivity index (χ1v) is 10.1. The molecule has 0 amide bonds. The van der Waals surface area contributed by atoms with Crippen molar-refractivity contribution in [3.8, 4) is 0 Å². The zero-order valence-electron chi connectivity index (χ0n) is 16.2.